The van der Waals surface area contributed by atoms with E-state index in [2.05, 4.69) is 21.3 Å². The Morgan fingerprint density at radius 3 is 1.16 bits per heavy atom. The summed E-state index contributed by atoms with van der Waals surface area (Å²) in [5, 5.41) is 11.3. The summed E-state index contributed by atoms with van der Waals surface area (Å²) in [7, 11) is 0. The highest BCUT2D eigenvalue weighted by atomic mass is 32.2. The molecule has 0 radical (unpaired) electrons. The highest BCUT2D eigenvalue weighted by Gasteiger charge is 2.27. The Morgan fingerprint density at radius 2 is 0.875 bits per heavy atom. The molecule has 0 fully saturated rings. The first-order valence-corrected chi connectivity index (χ1v) is 19.9. The number of carbonyl (C=O) groups excluding carboxylic acids is 4. The van der Waals surface area contributed by atoms with Crippen molar-refractivity contribution in [3.8, 4) is 11.5 Å². The Kier molecular flexibility index (Phi) is 16.7. The molecule has 0 spiro atoms. The molecule has 306 valence electrons. The van der Waals surface area contributed by atoms with Gasteiger partial charge in [0.25, 0.3) is 11.8 Å². The normalized spacial score (nSPS) is 11.5. The van der Waals surface area contributed by atoms with Gasteiger partial charge in [-0.25, -0.2) is 9.59 Å². The molecule has 0 aliphatic rings. The van der Waals surface area contributed by atoms with E-state index in [9.17, 15) is 19.2 Å². The Bertz CT molecular complexity index is 1770. The number of carbonyl (C=O) groups is 4. The summed E-state index contributed by atoms with van der Waals surface area (Å²) in [6.07, 6.45) is 0. The predicted molar refractivity (Wildman–Crippen MR) is 228 cm³/mol. The highest BCUT2D eigenvalue weighted by Crippen LogP contribution is 2.42. The minimum atomic E-state index is -0.778. The number of anilines is 4. The van der Waals surface area contributed by atoms with Crippen LogP contribution in [0.25, 0.3) is 0 Å². The van der Waals surface area contributed by atoms with Crippen molar-refractivity contribution in [3.63, 3.8) is 0 Å². The summed E-state index contributed by atoms with van der Waals surface area (Å²) >= 11 is 2.66. The number of nitrogens with two attached hydrogens (primary N) is 6. The van der Waals surface area contributed by atoms with Crippen LogP contribution in [0.1, 0.15) is 73.4 Å². The molecule has 0 atom stereocenters. The van der Waals surface area contributed by atoms with E-state index in [0.29, 0.717) is 57.1 Å². The number of primary amides is 2. The van der Waals surface area contributed by atoms with Crippen molar-refractivity contribution in [1.29, 1.82) is 0 Å². The molecule has 0 aliphatic carbocycles. The van der Waals surface area contributed by atoms with Crippen molar-refractivity contribution >= 4 is 70.1 Å². The summed E-state index contributed by atoms with van der Waals surface area (Å²) < 4.78 is 11.9. The number of amides is 6. The predicted octanol–water partition coefficient (Wildman–Crippen LogP) is 4.54. The topological polar surface area (TPSA) is 291 Å². The van der Waals surface area contributed by atoms with Gasteiger partial charge in [-0.2, -0.15) is 0 Å². The van der Waals surface area contributed by atoms with Gasteiger partial charge in [-0.15, -0.1) is 23.5 Å². The molecule has 18 heteroatoms. The Morgan fingerprint density at radius 1 is 0.536 bits per heavy atom. The smallest absolute Gasteiger partial charge is 0.316 e. The van der Waals surface area contributed by atoms with E-state index in [1.807, 2.05) is 53.7 Å². The molecule has 56 heavy (non-hydrogen) atoms. The number of nitrogens with one attached hydrogen (secondary N) is 4. The third kappa shape index (κ3) is 12.7. The summed E-state index contributed by atoms with van der Waals surface area (Å²) in [4.78, 5) is 54.1. The van der Waals surface area contributed by atoms with E-state index in [1.54, 1.807) is 12.1 Å². The molecular formula is C38H56N10O6S2. The molecule has 0 bridgehead atoms. The number of benzene rings is 3. The van der Waals surface area contributed by atoms with Crippen LogP contribution in [0.5, 0.6) is 11.5 Å². The van der Waals surface area contributed by atoms with Crippen molar-refractivity contribution in [2.24, 2.45) is 34.4 Å². The first-order valence-electron chi connectivity index (χ1n) is 18.0. The molecule has 3 rings (SSSR count). The van der Waals surface area contributed by atoms with E-state index in [4.69, 9.17) is 43.9 Å². The second kappa shape index (κ2) is 20.4. The van der Waals surface area contributed by atoms with Gasteiger partial charge in [0.05, 0.1) is 43.7 Å². The van der Waals surface area contributed by atoms with E-state index in [-0.39, 0.29) is 48.9 Å². The number of hydrogen-bond acceptors (Lipinski definition) is 12. The second-order valence-electron chi connectivity index (χ2n) is 14.6. The van der Waals surface area contributed by atoms with Crippen LogP contribution in [0, 0.1) is 0 Å². The maximum Gasteiger partial charge on any atom is 0.316 e. The average Bonchev–Trinajstić information content (AvgIpc) is 3.10. The highest BCUT2D eigenvalue weighted by molar-refractivity contribution is 7.99. The average molecular weight is 813 g/mol. The number of urea groups is 2. The maximum atomic E-state index is 14.4. The summed E-state index contributed by atoms with van der Waals surface area (Å²) in [6.45, 7) is 12.9. The van der Waals surface area contributed by atoms with Crippen molar-refractivity contribution in [2.75, 3.05) is 72.2 Å². The number of rotatable bonds is 18. The molecule has 0 unspecified atom stereocenters. The number of thioether (sulfide) groups is 2. The zero-order valence-corrected chi connectivity index (χ0v) is 34.5. The zero-order valence-electron chi connectivity index (χ0n) is 32.9. The van der Waals surface area contributed by atoms with Crippen LogP contribution in [0.2, 0.25) is 0 Å². The molecule has 6 amide bonds. The summed E-state index contributed by atoms with van der Waals surface area (Å²) in [5.41, 5.74) is 36.7. The minimum absolute atomic E-state index is 0.0127. The fourth-order valence-corrected chi connectivity index (χ4v) is 6.97. The third-order valence-corrected chi connectivity index (χ3v) is 10.3. The lowest BCUT2D eigenvalue weighted by molar-refractivity contribution is 0.102. The molecule has 0 saturated carbocycles. The molecular weight excluding hydrogens is 757 g/mol. The van der Waals surface area contributed by atoms with Gasteiger partial charge in [-0.3, -0.25) is 9.59 Å². The van der Waals surface area contributed by atoms with Crippen LogP contribution in [-0.4, -0.2) is 74.8 Å². The van der Waals surface area contributed by atoms with Crippen LogP contribution in [0.15, 0.2) is 46.2 Å². The van der Waals surface area contributed by atoms with Gasteiger partial charge in [0, 0.05) is 43.8 Å². The van der Waals surface area contributed by atoms with Crippen molar-refractivity contribution in [2.45, 2.75) is 62.2 Å². The van der Waals surface area contributed by atoms with E-state index >= 15 is 0 Å². The Hall–Kier alpha value is -4.72. The first-order chi connectivity index (χ1) is 26.3. The molecule has 3 aromatic rings. The molecule has 16 nitrogen and oxygen atoms in total. The number of hydrogen-bond donors (Lipinski definition) is 10. The largest absolute Gasteiger partial charge is 0.491 e. The Labute approximate surface area is 336 Å². The van der Waals surface area contributed by atoms with E-state index in [1.165, 1.54) is 35.7 Å². The summed E-state index contributed by atoms with van der Waals surface area (Å²) in [6, 6.07) is 8.50. The molecule has 0 saturated heterocycles. The van der Waals surface area contributed by atoms with Gasteiger partial charge in [0.15, 0.2) is 0 Å². The van der Waals surface area contributed by atoms with Gasteiger partial charge in [-0.1, -0.05) is 41.5 Å². The fourth-order valence-electron chi connectivity index (χ4n) is 5.27. The quantitative estimate of drug-likeness (QED) is 0.0792. The van der Waals surface area contributed by atoms with Crippen LogP contribution >= 0.6 is 23.5 Å². The van der Waals surface area contributed by atoms with Crippen molar-refractivity contribution < 1.29 is 28.7 Å². The summed E-state index contributed by atoms with van der Waals surface area (Å²) in [5.74, 6) is -0.153. The van der Waals surface area contributed by atoms with Gasteiger partial charge in [0.1, 0.15) is 24.7 Å². The van der Waals surface area contributed by atoms with Gasteiger partial charge in [-0.05, 0) is 52.3 Å². The Balaban J connectivity index is 2.28. The van der Waals surface area contributed by atoms with Crippen LogP contribution in [0.3, 0.4) is 0 Å². The molecule has 3 aromatic carbocycles. The number of ether oxygens (including phenoxy) is 2. The van der Waals surface area contributed by atoms with Gasteiger partial charge < -0.3 is 65.1 Å². The van der Waals surface area contributed by atoms with Crippen LogP contribution < -0.4 is 65.1 Å². The zero-order chi connectivity index (χ0) is 41.8. The monoisotopic (exact) mass is 812 g/mol. The van der Waals surface area contributed by atoms with Gasteiger partial charge in [0.2, 0.25) is 0 Å². The second-order valence-corrected chi connectivity index (χ2v) is 16.8. The van der Waals surface area contributed by atoms with Gasteiger partial charge >= 0.3 is 12.1 Å². The van der Waals surface area contributed by atoms with E-state index < -0.39 is 34.7 Å². The molecule has 0 aromatic heterocycles. The van der Waals surface area contributed by atoms with Crippen molar-refractivity contribution in [3.05, 3.63) is 58.7 Å². The standard InChI is InChI=1S/C38H56N10O6S2/c1-37(2,3)21-15-25(31(55-13-9-41)27(17-21)47-35(43)51)45-33(49)23-19-24(30(54-12-8-40)20-29(23)53-11-7-39)34(50)46-26-16-22(38(4,5)6)18-28(48-36(44)52)32(26)56-14-10-42/h15-20H,7-14,39-42H2,1-6H3,(H,45,49)(H,46,50)(H3,43,47,51)(H3,44,48,52). The molecule has 0 aliphatic heterocycles. The minimum Gasteiger partial charge on any atom is -0.491 e. The molecule has 16 N–H and O–H groups in total. The fraction of sp³-hybridized carbons (Fsp3) is 0.421. The van der Waals surface area contributed by atoms with E-state index in [0.717, 1.165) is 11.1 Å². The maximum absolute atomic E-state index is 14.4. The lowest BCUT2D eigenvalue weighted by Crippen LogP contribution is -2.23. The lowest BCUT2D eigenvalue weighted by atomic mass is 9.86. The molecule has 0 heterocycles. The third-order valence-electron chi connectivity index (χ3n) is 7.97. The SMILES string of the molecule is CC(C)(C)c1cc(NC(N)=O)c(SCCN)c(NC(=O)c2cc(C(=O)Nc3cc(C(C)(C)C)cc(NC(N)=O)c3SCCN)c(OCCN)cc2OCCN)c1. The van der Waals surface area contributed by atoms with Crippen molar-refractivity contribution in [1.82, 2.24) is 0 Å². The van der Waals surface area contributed by atoms with Crippen LogP contribution in [-0.2, 0) is 10.8 Å². The van der Waals surface area contributed by atoms with Crippen LogP contribution in [0.4, 0.5) is 32.3 Å². The lowest BCUT2D eigenvalue weighted by Gasteiger charge is -2.25. The first kappa shape index (κ1) is 45.7.